The lowest BCUT2D eigenvalue weighted by Crippen LogP contribution is -2.65. The molecule has 0 spiro atoms. The molecular formula is C25H30OSi. The highest BCUT2D eigenvalue weighted by atomic mass is 28.4. The van der Waals surface area contributed by atoms with Crippen LogP contribution in [0.2, 0.25) is 5.04 Å². The van der Waals surface area contributed by atoms with Gasteiger partial charge in [-0.2, -0.15) is 0 Å². The molecule has 0 saturated heterocycles. The first-order chi connectivity index (χ1) is 13.0. The first-order valence-corrected chi connectivity index (χ1v) is 11.9. The molecule has 27 heavy (non-hydrogen) atoms. The maximum atomic E-state index is 12.1. The molecule has 2 heteroatoms. The number of hydrogen-bond acceptors (Lipinski definition) is 1. The Kier molecular flexibility index (Phi) is 6.30. The van der Waals surface area contributed by atoms with Gasteiger partial charge in [-0.25, -0.2) is 0 Å². The average molecular weight is 375 g/mol. The standard InChI is InChI=1S/C25H30OSi/c1-25(2,21-13-12-16-22-14-6-3-7-15-22)27(26,23-17-8-4-9-18-23)24-19-10-5-11-20-24/h3-11,14-15,17-20,26H,12-13,16,21H2,1-2H3. The van der Waals surface area contributed by atoms with E-state index in [1.54, 1.807) is 0 Å². The van der Waals surface area contributed by atoms with Crippen LogP contribution in [-0.4, -0.2) is 13.1 Å². The zero-order chi connectivity index (χ0) is 19.2. The van der Waals surface area contributed by atoms with Crippen LogP contribution in [0.25, 0.3) is 0 Å². The van der Waals surface area contributed by atoms with Crippen molar-refractivity contribution in [1.29, 1.82) is 0 Å². The molecule has 0 unspecified atom stereocenters. The van der Waals surface area contributed by atoms with E-state index < -0.39 is 8.32 Å². The Morgan fingerprint density at radius 2 is 1.11 bits per heavy atom. The van der Waals surface area contributed by atoms with Crippen molar-refractivity contribution in [2.24, 2.45) is 0 Å². The van der Waals surface area contributed by atoms with Gasteiger partial charge in [0.2, 0.25) is 0 Å². The lowest BCUT2D eigenvalue weighted by atomic mass is 10.0. The fourth-order valence-electron chi connectivity index (χ4n) is 4.03. The van der Waals surface area contributed by atoms with Crippen LogP contribution in [0.15, 0.2) is 91.0 Å². The van der Waals surface area contributed by atoms with Gasteiger partial charge in [0.25, 0.3) is 8.32 Å². The third kappa shape index (κ3) is 4.40. The van der Waals surface area contributed by atoms with Gasteiger partial charge in [0.05, 0.1) is 0 Å². The summed E-state index contributed by atoms with van der Waals surface area (Å²) in [7, 11) is -2.86. The number of aryl methyl sites for hydroxylation is 1. The van der Waals surface area contributed by atoms with Gasteiger partial charge in [-0.3, -0.25) is 0 Å². The van der Waals surface area contributed by atoms with E-state index in [-0.39, 0.29) is 5.04 Å². The van der Waals surface area contributed by atoms with Crippen molar-refractivity contribution in [3.63, 3.8) is 0 Å². The molecule has 0 heterocycles. The highest BCUT2D eigenvalue weighted by Gasteiger charge is 2.49. The van der Waals surface area contributed by atoms with E-state index >= 15 is 0 Å². The summed E-state index contributed by atoms with van der Waals surface area (Å²) in [6.07, 6.45) is 4.40. The van der Waals surface area contributed by atoms with Crippen LogP contribution in [0.5, 0.6) is 0 Å². The molecule has 0 aliphatic heterocycles. The van der Waals surface area contributed by atoms with Crippen molar-refractivity contribution >= 4 is 18.7 Å². The molecule has 1 N–H and O–H groups in total. The van der Waals surface area contributed by atoms with Crippen molar-refractivity contribution < 1.29 is 4.80 Å². The summed E-state index contributed by atoms with van der Waals surface area (Å²) in [6, 6.07) is 31.3. The minimum absolute atomic E-state index is 0.146. The average Bonchev–Trinajstić information content (AvgIpc) is 2.72. The van der Waals surface area contributed by atoms with Gasteiger partial charge >= 0.3 is 0 Å². The fourth-order valence-corrected chi connectivity index (χ4v) is 7.81. The summed E-state index contributed by atoms with van der Waals surface area (Å²) in [5.41, 5.74) is 1.40. The molecule has 3 aromatic rings. The lowest BCUT2D eigenvalue weighted by molar-refractivity contribution is 0.452. The second-order valence-electron chi connectivity index (χ2n) is 8.02. The molecule has 0 amide bonds. The second-order valence-corrected chi connectivity index (χ2v) is 11.9. The van der Waals surface area contributed by atoms with E-state index in [4.69, 9.17) is 0 Å². The SMILES string of the molecule is CC(C)(CCCCc1ccccc1)[Si](O)(c1ccccc1)c1ccccc1. The van der Waals surface area contributed by atoms with Crippen LogP contribution in [-0.2, 0) is 6.42 Å². The maximum Gasteiger partial charge on any atom is 0.258 e. The maximum absolute atomic E-state index is 12.1. The normalized spacial score (nSPS) is 12.1. The van der Waals surface area contributed by atoms with Gasteiger partial charge in [0.1, 0.15) is 0 Å². The largest absolute Gasteiger partial charge is 0.424 e. The highest BCUT2D eigenvalue weighted by Crippen LogP contribution is 2.40. The first kappa shape index (κ1) is 19.6. The van der Waals surface area contributed by atoms with Crippen molar-refractivity contribution in [2.75, 3.05) is 0 Å². The quantitative estimate of drug-likeness (QED) is 0.438. The topological polar surface area (TPSA) is 20.2 Å². The molecule has 0 atom stereocenters. The van der Waals surface area contributed by atoms with Gasteiger partial charge in [-0.15, -0.1) is 0 Å². The van der Waals surface area contributed by atoms with E-state index in [1.165, 1.54) is 5.56 Å². The Labute approximate surface area is 164 Å². The van der Waals surface area contributed by atoms with E-state index in [2.05, 4.69) is 68.4 Å². The summed E-state index contributed by atoms with van der Waals surface area (Å²) >= 11 is 0. The smallest absolute Gasteiger partial charge is 0.258 e. The monoisotopic (exact) mass is 374 g/mol. The molecule has 0 fully saturated rings. The molecular weight excluding hydrogens is 344 g/mol. The lowest BCUT2D eigenvalue weighted by Gasteiger charge is -2.41. The molecule has 0 aliphatic carbocycles. The first-order valence-electron chi connectivity index (χ1n) is 9.91. The zero-order valence-corrected chi connectivity index (χ0v) is 17.4. The van der Waals surface area contributed by atoms with Gasteiger partial charge in [0.15, 0.2) is 0 Å². The Hall–Kier alpha value is -2.16. The molecule has 0 saturated carbocycles. The molecule has 1 nitrogen and oxygen atoms in total. The predicted molar refractivity (Wildman–Crippen MR) is 118 cm³/mol. The van der Waals surface area contributed by atoms with Crippen molar-refractivity contribution in [3.8, 4) is 0 Å². The van der Waals surface area contributed by atoms with Crippen molar-refractivity contribution in [3.05, 3.63) is 96.6 Å². The Bertz CT molecular complexity index is 773. The molecule has 3 rings (SSSR count). The Balaban J connectivity index is 1.78. The number of unbranched alkanes of at least 4 members (excludes halogenated alkanes) is 1. The highest BCUT2D eigenvalue weighted by molar-refractivity contribution is 6.98. The van der Waals surface area contributed by atoms with E-state index in [1.807, 2.05) is 36.4 Å². The Morgan fingerprint density at radius 1 is 0.667 bits per heavy atom. The van der Waals surface area contributed by atoms with Crippen LogP contribution in [0.3, 0.4) is 0 Å². The summed E-state index contributed by atoms with van der Waals surface area (Å²) in [4.78, 5) is 12.1. The third-order valence-electron chi connectivity index (χ3n) is 5.72. The van der Waals surface area contributed by atoms with Crippen LogP contribution >= 0.6 is 0 Å². The summed E-state index contributed by atoms with van der Waals surface area (Å²) in [5, 5.41) is 2.06. The van der Waals surface area contributed by atoms with Crippen LogP contribution in [0.1, 0.15) is 38.7 Å². The zero-order valence-electron chi connectivity index (χ0n) is 16.4. The van der Waals surface area contributed by atoms with E-state index in [0.29, 0.717) is 0 Å². The molecule has 0 aliphatic rings. The van der Waals surface area contributed by atoms with Gasteiger partial charge in [-0.1, -0.05) is 111 Å². The van der Waals surface area contributed by atoms with Gasteiger partial charge < -0.3 is 4.80 Å². The van der Waals surface area contributed by atoms with E-state index in [9.17, 15) is 4.80 Å². The summed E-state index contributed by atoms with van der Waals surface area (Å²) in [6.45, 7) is 4.50. The number of benzene rings is 3. The minimum Gasteiger partial charge on any atom is -0.424 e. The summed E-state index contributed by atoms with van der Waals surface area (Å²) < 4.78 is 0. The molecule has 0 aromatic heterocycles. The third-order valence-corrected chi connectivity index (χ3v) is 10.3. The molecule has 140 valence electrons. The van der Waals surface area contributed by atoms with Gasteiger partial charge in [-0.05, 0) is 40.2 Å². The summed E-state index contributed by atoms with van der Waals surface area (Å²) in [5.74, 6) is 0. The molecule has 0 radical (unpaired) electrons. The fraction of sp³-hybridized carbons (Fsp3) is 0.280. The Morgan fingerprint density at radius 3 is 1.59 bits per heavy atom. The predicted octanol–water partition coefficient (Wildman–Crippen LogP) is 4.93. The minimum atomic E-state index is -2.86. The van der Waals surface area contributed by atoms with Crippen LogP contribution < -0.4 is 10.4 Å². The second kappa shape index (κ2) is 8.68. The number of hydrogen-bond donors (Lipinski definition) is 1. The molecule has 0 bridgehead atoms. The van der Waals surface area contributed by atoms with Crippen molar-refractivity contribution in [2.45, 2.75) is 44.6 Å². The van der Waals surface area contributed by atoms with Crippen LogP contribution in [0.4, 0.5) is 0 Å². The van der Waals surface area contributed by atoms with E-state index in [0.717, 1.165) is 36.1 Å². The van der Waals surface area contributed by atoms with Crippen LogP contribution in [0, 0.1) is 0 Å². The number of rotatable bonds is 8. The van der Waals surface area contributed by atoms with Gasteiger partial charge in [0, 0.05) is 0 Å². The molecule has 3 aromatic carbocycles. The van der Waals surface area contributed by atoms with Crippen molar-refractivity contribution in [1.82, 2.24) is 0 Å².